The molecule has 0 saturated heterocycles. The predicted octanol–water partition coefficient (Wildman–Crippen LogP) is 3.93. The van der Waals surface area contributed by atoms with E-state index in [-0.39, 0.29) is 11.5 Å². The van der Waals surface area contributed by atoms with Gasteiger partial charge in [0, 0.05) is 17.7 Å². The zero-order chi connectivity index (χ0) is 14.6. The summed E-state index contributed by atoms with van der Waals surface area (Å²) in [6.07, 6.45) is 1.74. The number of hydrazine groups is 1. The summed E-state index contributed by atoms with van der Waals surface area (Å²) in [5, 5.41) is 0. The maximum absolute atomic E-state index is 13.7. The average molecular weight is 270 g/mol. The predicted molar refractivity (Wildman–Crippen MR) is 74.3 cm³/mol. The van der Waals surface area contributed by atoms with E-state index in [0.717, 1.165) is 18.9 Å². The summed E-state index contributed by atoms with van der Waals surface area (Å²) < 4.78 is 26.6. The number of nitrogens with two attached hydrogens (primary N) is 1. The second-order valence-electron chi connectivity index (χ2n) is 6.49. The molecule has 19 heavy (non-hydrogen) atoms. The van der Waals surface area contributed by atoms with Crippen LogP contribution in [0.4, 0.5) is 8.78 Å². The first-order valence-electron chi connectivity index (χ1n) is 6.64. The summed E-state index contributed by atoms with van der Waals surface area (Å²) >= 11 is 0. The van der Waals surface area contributed by atoms with Crippen LogP contribution in [0.5, 0.6) is 0 Å². The molecule has 108 valence electrons. The van der Waals surface area contributed by atoms with Crippen LogP contribution in [0.2, 0.25) is 0 Å². The van der Waals surface area contributed by atoms with Gasteiger partial charge in [-0.2, -0.15) is 0 Å². The van der Waals surface area contributed by atoms with Crippen molar-refractivity contribution in [2.75, 3.05) is 0 Å². The quantitative estimate of drug-likeness (QED) is 0.628. The highest BCUT2D eigenvalue weighted by Gasteiger charge is 2.21. The Balaban J connectivity index is 2.78. The van der Waals surface area contributed by atoms with Gasteiger partial charge < -0.3 is 0 Å². The van der Waals surface area contributed by atoms with Crippen molar-refractivity contribution in [1.82, 2.24) is 5.43 Å². The van der Waals surface area contributed by atoms with E-state index in [4.69, 9.17) is 5.84 Å². The lowest BCUT2D eigenvalue weighted by Gasteiger charge is -2.26. The third kappa shape index (κ3) is 5.25. The van der Waals surface area contributed by atoms with Crippen LogP contribution in [-0.4, -0.2) is 0 Å². The first-order chi connectivity index (χ1) is 8.73. The molecule has 1 rings (SSSR count). The van der Waals surface area contributed by atoms with Crippen LogP contribution in [0, 0.1) is 23.0 Å². The van der Waals surface area contributed by atoms with Gasteiger partial charge in [0.25, 0.3) is 0 Å². The lowest BCUT2D eigenvalue weighted by Crippen LogP contribution is -2.30. The van der Waals surface area contributed by atoms with E-state index >= 15 is 0 Å². The number of benzene rings is 1. The second-order valence-corrected chi connectivity index (χ2v) is 6.49. The second kappa shape index (κ2) is 6.44. The molecule has 3 N–H and O–H groups in total. The minimum absolute atomic E-state index is 0.222. The van der Waals surface area contributed by atoms with Crippen molar-refractivity contribution in [2.24, 2.45) is 17.2 Å². The molecule has 1 aromatic rings. The monoisotopic (exact) mass is 270 g/mol. The van der Waals surface area contributed by atoms with Gasteiger partial charge in [0.2, 0.25) is 0 Å². The van der Waals surface area contributed by atoms with Gasteiger partial charge in [0.1, 0.15) is 11.6 Å². The fraction of sp³-hybridized carbons (Fsp3) is 0.600. The van der Waals surface area contributed by atoms with E-state index in [1.807, 2.05) is 0 Å². The van der Waals surface area contributed by atoms with E-state index in [1.165, 1.54) is 12.1 Å². The van der Waals surface area contributed by atoms with Gasteiger partial charge in [-0.05, 0) is 30.2 Å². The normalized spacial score (nSPS) is 15.3. The Bertz CT molecular complexity index is 413. The van der Waals surface area contributed by atoms with Crippen molar-refractivity contribution in [2.45, 2.75) is 46.6 Å². The van der Waals surface area contributed by atoms with Crippen molar-refractivity contribution in [1.29, 1.82) is 0 Å². The lowest BCUT2D eigenvalue weighted by atomic mass is 9.82. The zero-order valence-electron chi connectivity index (χ0n) is 12.1. The molecule has 0 spiro atoms. The van der Waals surface area contributed by atoms with Crippen LogP contribution in [0.1, 0.15) is 52.1 Å². The third-order valence-corrected chi connectivity index (χ3v) is 3.14. The first kappa shape index (κ1) is 16.1. The highest BCUT2D eigenvalue weighted by Crippen LogP contribution is 2.31. The molecule has 0 fully saturated rings. The number of halogens is 2. The van der Waals surface area contributed by atoms with Crippen molar-refractivity contribution in [3.8, 4) is 0 Å². The lowest BCUT2D eigenvalue weighted by molar-refractivity contribution is 0.274. The molecule has 0 bridgehead atoms. The van der Waals surface area contributed by atoms with E-state index in [0.29, 0.717) is 11.5 Å². The SMILES string of the molecule is CC(CC(NN)c1ccc(F)cc1F)CC(C)(C)C. The summed E-state index contributed by atoms with van der Waals surface area (Å²) in [5.74, 6) is 4.79. The minimum atomic E-state index is -0.570. The Hall–Kier alpha value is -1.00. The number of hydrogen-bond acceptors (Lipinski definition) is 2. The fourth-order valence-corrected chi connectivity index (χ4v) is 2.60. The highest BCUT2D eigenvalue weighted by molar-refractivity contribution is 5.22. The third-order valence-electron chi connectivity index (χ3n) is 3.14. The molecule has 4 heteroatoms. The van der Waals surface area contributed by atoms with Crippen molar-refractivity contribution < 1.29 is 8.78 Å². The summed E-state index contributed by atoms with van der Waals surface area (Å²) in [6.45, 7) is 8.64. The molecule has 2 atom stereocenters. The van der Waals surface area contributed by atoms with E-state index < -0.39 is 11.6 Å². The number of hydrogen-bond donors (Lipinski definition) is 2. The fourth-order valence-electron chi connectivity index (χ4n) is 2.60. The minimum Gasteiger partial charge on any atom is -0.271 e. The van der Waals surface area contributed by atoms with Gasteiger partial charge >= 0.3 is 0 Å². The summed E-state index contributed by atoms with van der Waals surface area (Å²) in [5.41, 5.74) is 3.28. The molecule has 2 nitrogen and oxygen atoms in total. The molecule has 0 aliphatic rings. The Morgan fingerprint density at radius 1 is 1.26 bits per heavy atom. The topological polar surface area (TPSA) is 38.0 Å². The smallest absolute Gasteiger partial charge is 0.130 e. The van der Waals surface area contributed by atoms with Crippen LogP contribution in [-0.2, 0) is 0 Å². The van der Waals surface area contributed by atoms with Crippen LogP contribution in [0.3, 0.4) is 0 Å². The number of nitrogens with one attached hydrogen (secondary N) is 1. The van der Waals surface area contributed by atoms with Gasteiger partial charge in [-0.1, -0.05) is 33.8 Å². The standard InChI is InChI=1S/C15H24F2N2/c1-10(9-15(2,3)4)7-14(19-18)12-6-5-11(16)8-13(12)17/h5-6,8,10,14,19H,7,9,18H2,1-4H3. The summed E-state index contributed by atoms with van der Waals surface area (Å²) in [6, 6.07) is 3.32. The summed E-state index contributed by atoms with van der Waals surface area (Å²) in [7, 11) is 0. The Kier molecular flexibility index (Phi) is 5.44. The largest absolute Gasteiger partial charge is 0.271 e. The van der Waals surface area contributed by atoms with Gasteiger partial charge in [-0.25, -0.2) is 8.78 Å². The first-order valence-corrected chi connectivity index (χ1v) is 6.64. The molecular formula is C15H24F2N2. The molecule has 2 unspecified atom stereocenters. The van der Waals surface area contributed by atoms with Gasteiger partial charge in [-0.3, -0.25) is 11.3 Å². The summed E-state index contributed by atoms with van der Waals surface area (Å²) in [4.78, 5) is 0. The van der Waals surface area contributed by atoms with Crippen LogP contribution >= 0.6 is 0 Å². The van der Waals surface area contributed by atoms with Crippen LogP contribution in [0.15, 0.2) is 18.2 Å². The van der Waals surface area contributed by atoms with Crippen LogP contribution in [0.25, 0.3) is 0 Å². The van der Waals surface area contributed by atoms with Crippen molar-refractivity contribution >= 4 is 0 Å². The highest BCUT2D eigenvalue weighted by atomic mass is 19.1. The molecule has 0 aliphatic carbocycles. The molecule has 0 aliphatic heterocycles. The van der Waals surface area contributed by atoms with Gasteiger partial charge in [-0.15, -0.1) is 0 Å². The van der Waals surface area contributed by atoms with Crippen molar-refractivity contribution in [3.63, 3.8) is 0 Å². The maximum Gasteiger partial charge on any atom is 0.130 e. The Morgan fingerprint density at radius 3 is 2.37 bits per heavy atom. The van der Waals surface area contributed by atoms with Crippen LogP contribution < -0.4 is 11.3 Å². The average Bonchev–Trinajstić information content (AvgIpc) is 2.24. The van der Waals surface area contributed by atoms with E-state index in [2.05, 4.69) is 33.1 Å². The Labute approximate surface area is 114 Å². The van der Waals surface area contributed by atoms with Gasteiger partial charge in [0.15, 0.2) is 0 Å². The van der Waals surface area contributed by atoms with Gasteiger partial charge in [0.05, 0.1) is 0 Å². The van der Waals surface area contributed by atoms with E-state index in [9.17, 15) is 8.78 Å². The Morgan fingerprint density at radius 2 is 1.89 bits per heavy atom. The number of rotatable bonds is 5. The molecule has 0 amide bonds. The molecular weight excluding hydrogens is 246 g/mol. The molecule has 0 aromatic heterocycles. The molecule has 0 radical (unpaired) electrons. The van der Waals surface area contributed by atoms with Crippen molar-refractivity contribution in [3.05, 3.63) is 35.4 Å². The van der Waals surface area contributed by atoms with E-state index in [1.54, 1.807) is 0 Å². The molecule has 0 saturated carbocycles. The molecule has 1 aromatic carbocycles. The zero-order valence-corrected chi connectivity index (χ0v) is 12.1. The molecule has 0 heterocycles. The maximum atomic E-state index is 13.7.